The van der Waals surface area contributed by atoms with Crippen LogP contribution in [0.3, 0.4) is 0 Å². The number of hydrogen-bond donors (Lipinski definition) is 1. The number of carbonyl (C=O) groups is 1. The Bertz CT molecular complexity index is 943. The van der Waals surface area contributed by atoms with Gasteiger partial charge in [0.05, 0.1) is 16.3 Å². The van der Waals surface area contributed by atoms with Crippen molar-refractivity contribution >= 4 is 65.8 Å². The fraction of sp³-hybridized carbons (Fsp3) is 0.111. The molecule has 3 rings (SSSR count). The zero-order valence-corrected chi connectivity index (χ0v) is 17.9. The molecule has 1 amide bonds. The number of thiazole rings is 1. The van der Waals surface area contributed by atoms with Crippen LogP contribution in [0, 0.1) is 6.92 Å². The van der Waals surface area contributed by atoms with E-state index in [2.05, 4.69) is 42.2 Å². The van der Waals surface area contributed by atoms with Gasteiger partial charge in [0.15, 0.2) is 5.13 Å². The summed E-state index contributed by atoms with van der Waals surface area (Å²) in [4.78, 5) is 18.0. The third-order valence-electron chi connectivity index (χ3n) is 3.58. The molecule has 1 heterocycles. The molecule has 3 aromatic rings. The van der Waals surface area contributed by atoms with Crippen LogP contribution in [0.4, 0.5) is 5.13 Å². The first-order valence-corrected chi connectivity index (χ1v) is 10.2. The number of carbonyl (C=O) groups excluding carboxylic acids is 1. The number of rotatable bonds is 4. The molecule has 128 valence electrons. The van der Waals surface area contributed by atoms with Gasteiger partial charge in [0, 0.05) is 20.2 Å². The molecule has 0 aliphatic heterocycles. The lowest BCUT2D eigenvalue weighted by molar-refractivity contribution is 0.102. The average Bonchev–Trinajstić information content (AvgIpc) is 2.90. The van der Waals surface area contributed by atoms with Crippen LogP contribution in [0.1, 0.15) is 26.5 Å². The Hall–Kier alpha value is -1.21. The number of hydrogen-bond acceptors (Lipinski definition) is 3. The van der Waals surface area contributed by atoms with Gasteiger partial charge in [-0.15, -0.1) is 11.3 Å². The minimum Gasteiger partial charge on any atom is -0.298 e. The van der Waals surface area contributed by atoms with Gasteiger partial charge in [-0.3, -0.25) is 10.1 Å². The largest absolute Gasteiger partial charge is 0.298 e. The predicted molar refractivity (Wildman–Crippen MR) is 111 cm³/mol. The number of nitrogens with one attached hydrogen (secondary N) is 1. The van der Waals surface area contributed by atoms with E-state index in [0.717, 1.165) is 31.5 Å². The average molecular weight is 501 g/mol. The Morgan fingerprint density at radius 1 is 1.20 bits per heavy atom. The summed E-state index contributed by atoms with van der Waals surface area (Å²) < 4.78 is 1.63. The maximum atomic E-state index is 12.4. The van der Waals surface area contributed by atoms with E-state index in [4.69, 9.17) is 11.6 Å². The Morgan fingerprint density at radius 3 is 2.68 bits per heavy atom. The smallest absolute Gasteiger partial charge is 0.258 e. The van der Waals surface area contributed by atoms with Crippen molar-refractivity contribution in [1.82, 2.24) is 4.98 Å². The van der Waals surface area contributed by atoms with Crippen molar-refractivity contribution in [1.29, 1.82) is 0 Å². The molecule has 0 fully saturated rings. The predicted octanol–water partition coefficient (Wildman–Crippen LogP) is 6.47. The third-order valence-corrected chi connectivity index (χ3v) is 6.58. The maximum absolute atomic E-state index is 12.4. The topological polar surface area (TPSA) is 42.0 Å². The van der Waals surface area contributed by atoms with Gasteiger partial charge in [-0.1, -0.05) is 29.8 Å². The number of nitrogens with zero attached hydrogens (tertiary/aromatic N) is 1. The number of halogens is 3. The fourth-order valence-electron chi connectivity index (χ4n) is 2.29. The molecule has 0 aliphatic rings. The molecule has 25 heavy (non-hydrogen) atoms. The van der Waals surface area contributed by atoms with Crippen LogP contribution in [0.2, 0.25) is 5.02 Å². The summed E-state index contributed by atoms with van der Waals surface area (Å²) in [6.45, 7) is 1.94. The Morgan fingerprint density at radius 2 is 1.96 bits per heavy atom. The number of aromatic nitrogens is 1. The van der Waals surface area contributed by atoms with E-state index < -0.39 is 0 Å². The third kappa shape index (κ3) is 4.50. The van der Waals surface area contributed by atoms with Gasteiger partial charge < -0.3 is 0 Å². The van der Waals surface area contributed by atoms with Gasteiger partial charge >= 0.3 is 0 Å². The van der Waals surface area contributed by atoms with Crippen molar-refractivity contribution in [2.45, 2.75) is 13.3 Å². The van der Waals surface area contributed by atoms with Gasteiger partial charge in [-0.25, -0.2) is 4.98 Å². The zero-order valence-electron chi connectivity index (χ0n) is 13.1. The summed E-state index contributed by atoms with van der Waals surface area (Å²) in [5, 5.41) is 4.15. The van der Waals surface area contributed by atoms with E-state index in [1.165, 1.54) is 11.3 Å². The highest BCUT2D eigenvalue weighted by Crippen LogP contribution is 2.29. The minimum atomic E-state index is -0.181. The number of amides is 1. The molecule has 0 bridgehead atoms. The quantitative estimate of drug-likeness (QED) is 0.446. The van der Waals surface area contributed by atoms with Crippen molar-refractivity contribution < 1.29 is 4.79 Å². The lowest BCUT2D eigenvalue weighted by atomic mass is 10.1. The Labute approximate surface area is 171 Å². The van der Waals surface area contributed by atoms with E-state index in [1.54, 1.807) is 6.07 Å². The van der Waals surface area contributed by atoms with E-state index in [-0.39, 0.29) is 5.91 Å². The van der Waals surface area contributed by atoms with E-state index in [0.29, 0.717) is 15.7 Å². The fourth-order valence-corrected chi connectivity index (χ4v) is 4.20. The van der Waals surface area contributed by atoms with Crippen molar-refractivity contribution in [3.05, 3.63) is 78.1 Å². The molecule has 0 spiro atoms. The molecule has 1 N–H and O–H groups in total. The molecule has 0 unspecified atom stereocenters. The highest BCUT2D eigenvalue weighted by atomic mass is 79.9. The van der Waals surface area contributed by atoms with Crippen molar-refractivity contribution in [2.75, 3.05) is 5.32 Å². The summed E-state index contributed by atoms with van der Waals surface area (Å²) in [5.41, 5.74) is 2.59. The monoisotopic (exact) mass is 498 g/mol. The highest BCUT2D eigenvalue weighted by molar-refractivity contribution is 9.10. The lowest BCUT2D eigenvalue weighted by Gasteiger charge is -2.03. The SMILES string of the molecule is Cc1nc(NC(=O)c2ccccc2Br)sc1Cc1ccc(Br)c(Cl)c1. The molecular formula is C18H13Br2ClN2OS. The van der Waals surface area contributed by atoms with Gasteiger partial charge in [-0.05, 0) is 68.6 Å². The maximum Gasteiger partial charge on any atom is 0.258 e. The minimum absolute atomic E-state index is 0.181. The molecule has 0 atom stereocenters. The van der Waals surface area contributed by atoms with Crippen LogP contribution in [0.25, 0.3) is 0 Å². The first-order chi connectivity index (χ1) is 11.9. The summed E-state index contributed by atoms with van der Waals surface area (Å²) in [7, 11) is 0. The molecule has 2 aromatic carbocycles. The molecule has 3 nitrogen and oxygen atoms in total. The molecule has 0 radical (unpaired) electrons. The summed E-state index contributed by atoms with van der Waals surface area (Å²) in [5.74, 6) is -0.181. The van der Waals surface area contributed by atoms with Crippen LogP contribution in [0.15, 0.2) is 51.4 Å². The normalized spacial score (nSPS) is 10.7. The molecule has 1 aromatic heterocycles. The molecule has 0 aliphatic carbocycles. The van der Waals surface area contributed by atoms with Crippen LogP contribution in [-0.4, -0.2) is 10.9 Å². The zero-order chi connectivity index (χ0) is 18.0. The second kappa shape index (κ2) is 7.99. The van der Waals surface area contributed by atoms with Crippen molar-refractivity contribution in [3.8, 4) is 0 Å². The standard InChI is InChI=1S/C18H13Br2ClN2OS/c1-10-16(9-11-6-7-14(20)15(21)8-11)25-18(22-10)23-17(24)12-4-2-3-5-13(12)19/h2-8H,9H2,1H3,(H,22,23,24). The second-order valence-corrected chi connectivity index (χ2v) is 8.59. The van der Waals surface area contributed by atoms with E-state index in [1.807, 2.05) is 43.3 Å². The van der Waals surface area contributed by atoms with E-state index >= 15 is 0 Å². The number of aryl methyl sites for hydroxylation is 1. The summed E-state index contributed by atoms with van der Waals surface area (Å²) >= 11 is 14.4. The van der Waals surface area contributed by atoms with Gasteiger partial charge in [0.25, 0.3) is 5.91 Å². The first-order valence-electron chi connectivity index (χ1n) is 7.40. The van der Waals surface area contributed by atoms with E-state index in [9.17, 15) is 4.79 Å². The molecule has 0 saturated carbocycles. The van der Waals surface area contributed by atoms with Crippen LogP contribution in [0.5, 0.6) is 0 Å². The second-order valence-electron chi connectivity index (χ2n) is 5.39. The molecule has 0 saturated heterocycles. The van der Waals surface area contributed by atoms with Crippen molar-refractivity contribution in [3.63, 3.8) is 0 Å². The van der Waals surface area contributed by atoms with Crippen LogP contribution >= 0.6 is 54.8 Å². The summed E-state index contributed by atoms with van der Waals surface area (Å²) in [6, 6.07) is 13.2. The summed E-state index contributed by atoms with van der Waals surface area (Å²) in [6.07, 6.45) is 0.724. The van der Waals surface area contributed by atoms with Crippen molar-refractivity contribution in [2.24, 2.45) is 0 Å². The Balaban J connectivity index is 1.77. The Kier molecular flexibility index (Phi) is 5.94. The molecular weight excluding hydrogens is 488 g/mol. The number of anilines is 1. The lowest BCUT2D eigenvalue weighted by Crippen LogP contribution is -2.12. The molecule has 7 heteroatoms. The van der Waals surface area contributed by atoms with Gasteiger partial charge in [0.2, 0.25) is 0 Å². The van der Waals surface area contributed by atoms with Gasteiger partial charge in [0.1, 0.15) is 0 Å². The van der Waals surface area contributed by atoms with Crippen LogP contribution in [-0.2, 0) is 6.42 Å². The van der Waals surface area contributed by atoms with Gasteiger partial charge in [-0.2, -0.15) is 0 Å². The number of benzene rings is 2. The highest BCUT2D eigenvalue weighted by Gasteiger charge is 2.14. The van der Waals surface area contributed by atoms with Crippen LogP contribution < -0.4 is 5.32 Å². The first kappa shape index (κ1) is 18.6.